The Hall–Kier alpha value is -3.41. The second-order valence-corrected chi connectivity index (χ2v) is 5.59. The first kappa shape index (κ1) is 18.4. The molecule has 3 rings (SSSR count). The smallest absolute Gasteiger partial charge is 0.363 e. The highest BCUT2D eigenvalue weighted by Gasteiger charge is 2.24. The van der Waals surface area contributed by atoms with Crippen molar-refractivity contribution in [3.8, 4) is 11.5 Å². The first-order valence-corrected chi connectivity index (χ1v) is 8.39. The summed E-state index contributed by atoms with van der Waals surface area (Å²) in [5.74, 6) is 0.173. The minimum absolute atomic E-state index is 0.0710. The molecular formula is C21H18FNO4. The van der Waals surface area contributed by atoms with Crippen LogP contribution < -0.4 is 9.47 Å². The number of ether oxygens (including phenoxy) is 3. The van der Waals surface area contributed by atoms with Crippen molar-refractivity contribution in [1.29, 1.82) is 0 Å². The minimum atomic E-state index is -0.598. The van der Waals surface area contributed by atoms with Gasteiger partial charge in [-0.15, -0.1) is 0 Å². The van der Waals surface area contributed by atoms with Gasteiger partial charge in [0.25, 0.3) is 0 Å². The fourth-order valence-corrected chi connectivity index (χ4v) is 2.46. The summed E-state index contributed by atoms with van der Waals surface area (Å²) in [5, 5.41) is 0. The van der Waals surface area contributed by atoms with E-state index in [2.05, 4.69) is 11.6 Å². The van der Waals surface area contributed by atoms with Crippen LogP contribution in [0.5, 0.6) is 11.5 Å². The Morgan fingerprint density at radius 1 is 1.19 bits per heavy atom. The highest BCUT2D eigenvalue weighted by atomic mass is 19.1. The Balaban J connectivity index is 1.90. The van der Waals surface area contributed by atoms with Gasteiger partial charge in [-0.05, 0) is 48.9 Å². The van der Waals surface area contributed by atoms with Gasteiger partial charge in [0.2, 0.25) is 5.90 Å². The predicted molar refractivity (Wildman–Crippen MR) is 100 cm³/mol. The van der Waals surface area contributed by atoms with Crippen LogP contribution in [0.2, 0.25) is 0 Å². The Labute approximate surface area is 156 Å². The topological polar surface area (TPSA) is 57.1 Å². The summed E-state index contributed by atoms with van der Waals surface area (Å²) in [7, 11) is 0. The van der Waals surface area contributed by atoms with Crippen molar-refractivity contribution in [3.63, 3.8) is 0 Å². The second kappa shape index (κ2) is 8.31. The molecule has 0 atom stereocenters. The number of carbonyl (C=O) groups is 1. The lowest BCUT2D eigenvalue weighted by Crippen LogP contribution is -2.05. The number of nitrogens with zero attached hydrogens (tertiary/aromatic N) is 1. The molecule has 0 radical (unpaired) electrons. The van der Waals surface area contributed by atoms with E-state index in [9.17, 15) is 9.18 Å². The van der Waals surface area contributed by atoms with Gasteiger partial charge in [0.15, 0.2) is 17.2 Å². The molecule has 0 saturated carbocycles. The number of rotatable bonds is 7. The summed E-state index contributed by atoms with van der Waals surface area (Å²) < 4.78 is 29.7. The van der Waals surface area contributed by atoms with Gasteiger partial charge in [0, 0.05) is 5.56 Å². The maximum absolute atomic E-state index is 13.4. The summed E-state index contributed by atoms with van der Waals surface area (Å²) >= 11 is 0. The maximum atomic E-state index is 13.4. The van der Waals surface area contributed by atoms with Gasteiger partial charge in [-0.3, -0.25) is 0 Å². The second-order valence-electron chi connectivity index (χ2n) is 5.59. The van der Waals surface area contributed by atoms with E-state index in [4.69, 9.17) is 14.2 Å². The number of aliphatic imine (C=N–C) groups is 1. The molecule has 138 valence electrons. The van der Waals surface area contributed by atoms with Crippen LogP contribution in [0.15, 0.2) is 65.8 Å². The Bertz CT molecular complexity index is 934. The number of benzene rings is 2. The van der Waals surface area contributed by atoms with E-state index in [1.807, 2.05) is 6.92 Å². The van der Waals surface area contributed by atoms with Crippen LogP contribution in [0.3, 0.4) is 0 Å². The molecular weight excluding hydrogens is 349 g/mol. The molecule has 1 aliphatic rings. The van der Waals surface area contributed by atoms with E-state index in [0.29, 0.717) is 35.8 Å². The largest absolute Gasteiger partial charge is 0.490 e. The molecule has 0 N–H and O–H groups in total. The van der Waals surface area contributed by atoms with Crippen molar-refractivity contribution in [2.75, 3.05) is 13.2 Å². The molecule has 0 aromatic heterocycles. The zero-order chi connectivity index (χ0) is 19.2. The molecule has 1 aliphatic heterocycles. The monoisotopic (exact) mass is 367 g/mol. The highest BCUT2D eigenvalue weighted by molar-refractivity contribution is 6.12. The van der Waals surface area contributed by atoms with E-state index >= 15 is 0 Å². The summed E-state index contributed by atoms with van der Waals surface area (Å²) in [6.45, 7) is 6.31. The third kappa shape index (κ3) is 4.41. The fourth-order valence-electron chi connectivity index (χ4n) is 2.46. The predicted octanol–water partition coefficient (Wildman–Crippen LogP) is 4.13. The van der Waals surface area contributed by atoms with Gasteiger partial charge in [-0.2, -0.15) is 0 Å². The number of carbonyl (C=O) groups excluding carboxylic acids is 1. The van der Waals surface area contributed by atoms with E-state index in [1.54, 1.807) is 36.4 Å². The standard InChI is InChI=1S/C21H18FNO4/c1-3-10-26-18-9-8-14(12-19(18)25-4-2)11-17-21(24)27-20(23-17)15-6-5-7-16(22)13-15/h3,5-9,11-13H,1,4,10H2,2H3/b17-11-. The van der Waals surface area contributed by atoms with Gasteiger partial charge in [0.1, 0.15) is 12.4 Å². The zero-order valence-corrected chi connectivity index (χ0v) is 14.8. The fraction of sp³-hybridized carbons (Fsp3) is 0.143. The van der Waals surface area contributed by atoms with E-state index in [-0.39, 0.29) is 11.6 Å². The SMILES string of the molecule is C=CCOc1ccc(/C=C2\N=C(c3cccc(F)c3)OC2=O)cc1OCC. The number of hydrogen-bond acceptors (Lipinski definition) is 5. The quantitative estimate of drug-likeness (QED) is 0.419. The molecule has 2 aromatic carbocycles. The number of hydrogen-bond donors (Lipinski definition) is 0. The lowest BCUT2D eigenvalue weighted by molar-refractivity contribution is -0.129. The molecule has 0 aliphatic carbocycles. The first-order chi connectivity index (χ1) is 13.1. The number of halogens is 1. The molecule has 6 heteroatoms. The van der Waals surface area contributed by atoms with Crippen molar-refractivity contribution in [3.05, 3.63) is 77.8 Å². The van der Waals surface area contributed by atoms with Crippen LogP contribution in [-0.4, -0.2) is 25.1 Å². The third-order valence-corrected chi connectivity index (χ3v) is 3.62. The number of esters is 1. The molecule has 0 saturated heterocycles. The van der Waals surface area contributed by atoms with Crippen LogP contribution in [0.1, 0.15) is 18.1 Å². The molecule has 0 amide bonds. The summed E-state index contributed by atoms with van der Waals surface area (Å²) in [6, 6.07) is 11.0. The zero-order valence-electron chi connectivity index (χ0n) is 14.8. The average Bonchev–Trinajstić information content (AvgIpc) is 3.02. The summed E-state index contributed by atoms with van der Waals surface area (Å²) in [4.78, 5) is 16.3. The average molecular weight is 367 g/mol. The lowest BCUT2D eigenvalue weighted by atomic mass is 10.1. The molecule has 1 heterocycles. The molecule has 0 fully saturated rings. The normalized spacial score (nSPS) is 14.7. The Morgan fingerprint density at radius 3 is 2.78 bits per heavy atom. The lowest BCUT2D eigenvalue weighted by Gasteiger charge is -2.11. The van der Waals surface area contributed by atoms with Gasteiger partial charge in [0.05, 0.1) is 6.61 Å². The number of cyclic esters (lactones) is 1. The van der Waals surface area contributed by atoms with Crippen molar-refractivity contribution in [2.24, 2.45) is 4.99 Å². The molecule has 2 aromatic rings. The van der Waals surface area contributed by atoms with Crippen LogP contribution in [0.4, 0.5) is 4.39 Å². The van der Waals surface area contributed by atoms with Crippen molar-refractivity contribution in [2.45, 2.75) is 6.92 Å². The van der Waals surface area contributed by atoms with Crippen LogP contribution in [0.25, 0.3) is 6.08 Å². The summed E-state index contributed by atoms with van der Waals surface area (Å²) in [6.07, 6.45) is 3.22. The van der Waals surface area contributed by atoms with Crippen LogP contribution >= 0.6 is 0 Å². The Kier molecular flexibility index (Phi) is 5.66. The highest BCUT2D eigenvalue weighted by Crippen LogP contribution is 2.30. The van der Waals surface area contributed by atoms with E-state index < -0.39 is 11.8 Å². The van der Waals surface area contributed by atoms with E-state index in [0.717, 1.165) is 0 Å². The molecule has 0 unspecified atom stereocenters. The summed E-state index contributed by atoms with van der Waals surface area (Å²) in [5.41, 5.74) is 1.21. The van der Waals surface area contributed by atoms with E-state index in [1.165, 1.54) is 18.2 Å². The molecule has 27 heavy (non-hydrogen) atoms. The van der Waals surface area contributed by atoms with Crippen LogP contribution in [-0.2, 0) is 9.53 Å². The third-order valence-electron chi connectivity index (χ3n) is 3.62. The van der Waals surface area contributed by atoms with Gasteiger partial charge >= 0.3 is 5.97 Å². The molecule has 5 nitrogen and oxygen atoms in total. The first-order valence-electron chi connectivity index (χ1n) is 8.39. The van der Waals surface area contributed by atoms with Gasteiger partial charge < -0.3 is 14.2 Å². The maximum Gasteiger partial charge on any atom is 0.363 e. The van der Waals surface area contributed by atoms with Crippen molar-refractivity contribution in [1.82, 2.24) is 0 Å². The Morgan fingerprint density at radius 2 is 2.04 bits per heavy atom. The van der Waals surface area contributed by atoms with Gasteiger partial charge in [-0.1, -0.05) is 24.8 Å². The minimum Gasteiger partial charge on any atom is -0.490 e. The van der Waals surface area contributed by atoms with Gasteiger partial charge in [-0.25, -0.2) is 14.2 Å². The van der Waals surface area contributed by atoms with Crippen LogP contribution in [0, 0.1) is 5.82 Å². The van der Waals surface area contributed by atoms with Crippen molar-refractivity contribution < 1.29 is 23.4 Å². The molecule has 0 bridgehead atoms. The van der Waals surface area contributed by atoms with Crippen molar-refractivity contribution >= 4 is 17.9 Å². The molecule has 0 spiro atoms.